The van der Waals surface area contributed by atoms with Crippen LogP contribution < -0.4 is 5.32 Å². The van der Waals surface area contributed by atoms with Gasteiger partial charge in [-0.15, -0.1) is 0 Å². The van der Waals surface area contributed by atoms with Crippen LogP contribution in [0.25, 0.3) is 0 Å². The Balaban J connectivity index is 2.15. The van der Waals surface area contributed by atoms with Crippen LogP contribution in [0.1, 0.15) is 77.6 Å². The lowest BCUT2D eigenvalue weighted by Crippen LogP contribution is -2.57. The quantitative estimate of drug-likeness (QED) is 0.777. The van der Waals surface area contributed by atoms with E-state index in [-0.39, 0.29) is 11.3 Å². The molecule has 4 heteroatoms. The van der Waals surface area contributed by atoms with Gasteiger partial charge < -0.3 is 10.4 Å². The molecule has 0 aromatic carbocycles. The highest BCUT2D eigenvalue weighted by Gasteiger charge is 2.46. The van der Waals surface area contributed by atoms with Gasteiger partial charge in [0.1, 0.15) is 5.54 Å². The maximum absolute atomic E-state index is 12.7. The lowest BCUT2D eigenvalue weighted by atomic mass is 9.80. The third kappa shape index (κ3) is 2.84. The average Bonchev–Trinajstić information content (AvgIpc) is 2.80. The fourth-order valence-corrected chi connectivity index (χ4v) is 3.87. The molecule has 2 fully saturated rings. The second kappa shape index (κ2) is 6.15. The molecule has 0 aromatic rings. The maximum atomic E-state index is 12.7. The summed E-state index contributed by atoms with van der Waals surface area (Å²) in [6.07, 6.45) is 9.89. The Bertz CT molecular complexity index is 364. The summed E-state index contributed by atoms with van der Waals surface area (Å²) in [4.78, 5) is 24.5. The number of carboxylic acids is 1. The SMILES string of the molecule is CCC1(C(=O)NC2(C(=O)O)CCCCCC2)CCCC1. The summed E-state index contributed by atoms with van der Waals surface area (Å²) in [5.74, 6) is -0.862. The molecule has 0 heterocycles. The minimum absolute atomic E-state index is 0.0122. The van der Waals surface area contributed by atoms with Crippen molar-refractivity contribution in [2.24, 2.45) is 5.41 Å². The molecule has 4 nitrogen and oxygen atoms in total. The Morgan fingerprint density at radius 3 is 1.90 bits per heavy atom. The van der Waals surface area contributed by atoms with Crippen molar-refractivity contribution in [3.8, 4) is 0 Å². The Morgan fingerprint density at radius 2 is 1.45 bits per heavy atom. The second-order valence-corrected chi connectivity index (χ2v) is 6.60. The van der Waals surface area contributed by atoms with Gasteiger partial charge in [0.05, 0.1) is 0 Å². The summed E-state index contributed by atoms with van der Waals surface area (Å²) in [7, 11) is 0. The largest absolute Gasteiger partial charge is 0.480 e. The van der Waals surface area contributed by atoms with Crippen molar-refractivity contribution < 1.29 is 14.7 Å². The van der Waals surface area contributed by atoms with Crippen molar-refractivity contribution >= 4 is 11.9 Å². The fraction of sp³-hybridized carbons (Fsp3) is 0.875. The van der Waals surface area contributed by atoms with Crippen molar-refractivity contribution in [2.45, 2.75) is 83.1 Å². The number of carbonyl (C=O) groups is 2. The van der Waals surface area contributed by atoms with Crippen LogP contribution in [0.15, 0.2) is 0 Å². The van der Waals surface area contributed by atoms with Crippen LogP contribution in [0.5, 0.6) is 0 Å². The lowest BCUT2D eigenvalue weighted by Gasteiger charge is -2.35. The molecule has 0 bridgehead atoms. The Hall–Kier alpha value is -1.06. The van der Waals surface area contributed by atoms with Gasteiger partial charge in [-0.2, -0.15) is 0 Å². The van der Waals surface area contributed by atoms with Gasteiger partial charge in [-0.3, -0.25) is 4.79 Å². The normalized spacial score (nSPS) is 24.9. The van der Waals surface area contributed by atoms with E-state index in [2.05, 4.69) is 5.32 Å². The maximum Gasteiger partial charge on any atom is 0.329 e. The minimum Gasteiger partial charge on any atom is -0.480 e. The van der Waals surface area contributed by atoms with Crippen LogP contribution in [0.3, 0.4) is 0 Å². The Kier molecular flexibility index (Phi) is 4.71. The van der Waals surface area contributed by atoms with E-state index < -0.39 is 11.5 Å². The molecule has 2 aliphatic rings. The first-order chi connectivity index (χ1) is 9.55. The van der Waals surface area contributed by atoms with Gasteiger partial charge >= 0.3 is 5.97 Å². The van der Waals surface area contributed by atoms with E-state index in [9.17, 15) is 14.7 Å². The molecule has 20 heavy (non-hydrogen) atoms. The minimum atomic E-state index is -1.02. The molecule has 2 N–H and O–H groups in total. The highest BCUT2D eigenvalue weighted by Crippen LogP contribution is 2.42. The predicted octanol–water partition coefficient (Wildman–Crippen LogP) is 3.25. The highest BCUT2D eigenvalue weighted by atomic mass is 16.4. The van der Waals surface area contributed by atoms with Crippen LogP contribution in [0, 0.1) is 5.41 Å². The zero-order chi connectivity index (χ0) is 14.6. The summed E-state index contributed by atoms with van der Waals surface area (Å²) in [6.45, 7) is 2.05. The number of amides is 1. The summed E-state index contributed by atoms with van der Waals surface area (Å²) in [6, 6.07) is 0. The topological polar surface area (TPSA) is 66.4 Å². The van der Waals surface area contributed by atoms with Gasteiger partial charge in [0, 0.05) is 5.41 Å². The van der Waals surface area contributed by atoms with Crippen molar-refractivity contribution in [1.82, 2.24) is 5.32 Å². The first-order valence-corrected chi connectivity index (χ1v) is 8.11. The highest BCUT2D eigenvalue weighted by molar-refractivity contribution is 5.90. The predicted molar refractivity (Wildman–Crippen MR) is 77.4 cm³/mol. The monoisotopic (exact) mass is 281 g/mol. The Labute approximate surface area is 121 Å². The molecule has 0 aromatic heterocycles. The number of rotatable bonds is 4. The molecular weight excluding hydrogens is 254 g/mol. The second-order valence-electron chi connectivity index (χ2n) is 6.60. The van der Waals surface area contributed by atoms with Crippen LogP contribution in [0.2, 0.25) is 0 Å². The van der Waals surface area contributed by atoms with Gasteiger partial charge in [0.2, 0.25) is 5.91 Å². The van der Waals surface area contributed by atoms with Crippen LogP contribution in [-0.2, 0) is 9.59 Å². The fourth-order valence-electron chi connectivity index (χ4n) is 3.87. The molecule has 0 aliphatic heterocycles. The standard InChI is InChI=1S/C16H27NO3/c1-2-15(9-7-8-10-15)13(18)17-16(14(19)20)11-5-3-4-6-12-16/h2-12H2,1H3,(H,17,18)(H,19,20). The van der Waals surface area contributed by atoms with Gasteiger partial charge in [0.25, 0.3) is 0 Å². The van der Waals surface area contributed by atoms with E-state index in [4.69, 9.17) is 0 Å². The van der Waals surface area contributed by atoms with Crippen molar-refractivity contribution in [1.29, 1.82) is 0 Å². The molecule has 0 atom stereocenters. The van der Waals surface area contributed by atoms with E-state index in [0.29, 0.717) is 12.8 Å². The van der Waals surface area contributed by atoms with Crippen molar-refractivity contribution in [3.05, 3.63) is 0 Å². The molecule has 1 amide bonds. The van der Waals surface area contributed by atoms with Crippen LogP contribution in [-0.4, -0.2) is 22.5 Å². The Morgan fingerprint density at radius 1 is 0.950 bits per heavy atom. The van der Waals surface area contributed by atoms with Crippen LogP contribution >= 0.6 is 0 Å². The number of hydrogen-bond acceptors (Lipinski definition) is 2. The number of aliphatic carboxylic acids is 1. The van der Waals surface area contributed by atoms with E-state index in [1.807, 2.05) is 6.92 Å². The number of nitrogens with one attached hydrogen (secondary N) is 1. The average molecular weight is 281 g/mol. The third-order valence-electron chi connectivity index (χ3n) is 5.44. The molecule has 0 radical (unpaired) electrons. The van der Waals surface area contributed by atoms with Gasteiger partial charge in [0.15, 0.2) is 0 Å². The third-order valence-corrected chi connectivity index (χ3v) is 5.44. The van der Waals surface area contributed by atoms with Crippen molar-refractivity contribution in [3.63, 3.8) is 0 Å². The van der Waals surface area contributed by atoms with Crippen molar-refractivity contribution in [2.75, 3.05) is 0 Å². The summed E-state index contributed by atoms with van der Waals surface area (Å²) < 4.78 is 0. The van der Waals surface area contributed by atoms with Crippen LogP contribution in [0.4, 0.5) is 0 Å². The summed E-state index contributed by atoms with van der Waals surface area (Å²) >= 11 is 0. The number of carbonyl (C=O) groups excluding carboxylic acids is 1. The molecule has 114 valence electrons. The zero-order valence-electron chi connectivity index (χ0n) is 12.5. The molecule has 2 rings (SSSR count). The first kappa shape index (κ1) is 15.3. The van der Waals surface area contributed by atoms with E-state index in [1.165, 1.54) is 0 Å². The molecule has 0 spiro atoms. The molecular formula is C16H27NO3. The molecule has 0 unspecified atom stereocenters. The van der Waals surface area contributed by atoms with Gasteiger partial charge in [-0.1, -0.05) is 45.4 Å². The number of hydrogen-bond donors (Lipinski definition) is 2. The molecule has 0 saturated heterocycles. The van der Waals surface area contributed by atoms with E-state index in [1.54, 1.807) is 0 Å². The van der Waals surface area contributed by atoms with E-state index in [0.717, 1.165) is 57.8 Å². The van der Waals surface area contributed by atoms with Gasteiger partial charge in [-0.05, 0) is 32.1 Å². The molecule has 2 aliphatic carbocycles. The summed E-state index contributed by atoms with van der Waals surface area (Å²) in [5.41, 5.74) is -1.33. The number of carboxylic acid groups (broad SMARTS) is 1. The smallest absolute Gasteiger partial charge is 0.329 e. The lowest BCUT2D eigenvalue weighted by molar-refractivity contribution is -0.150. The first-order valence-electron chi connectivity index (χ1n) is 8.11. The summed E-state index contributed by atoms with van der Waals surface area (Å²) in [5, 5.41) is 12.6. The van der Waals surface area contributed by atoms with E-state index >= 15 is 0 Å². The molecule has 2 saturated carbocycles. The zero-order valence-corrected chi connectivity index (χ0v) is 12.5. The van der Waals surface area contributed by atoms with Gasteiger partial charge in [-0.25, -0.2) is 4.79 Å².